The molecule has 0 radical (unpaired) electrons. The van der Waals surface area contributed by atoms with E-state index in [-0.39, 0.29) is 65.9 Å². The number of aromatic amines is 1. The summed E-state index contributed by atoms with van der Waals surface area (Å²) in [7, 11) is -5.04. The van der Waals surface area contributed by atoms with Gasteiger partial charge in [0.1, 0.15) is 28.6 Å². The van der Waals surface area contributed by atoms with Crippen LogP contribution in [0.25, 0.3) is 11.3 Å². The quantitative estimate of drug-likeness (QED) is 0.143. The molecule has 0 saturated heterocycles. The Hall–Kier alpha value is -5.06. The number of nitrogens with zero attached hydrogens (tertiary/aromatic N) is 3. The highest BCUT2D eigenvalue weighted by Gasteiger charge is 2.26. The maximum absolute atomic E-state index is 13.2. The molecule has 0 fully saturated rings. The van der Waals surface area contributed by atoms with Crippen molar-refractivity contribution in [3.63, 3.8) is 0 Å². The van der Waals surface area contributed by atoms with Crippen LogP contribution >= 0.6 is 0 Å². The number of carboxylic acids is 1. The summed E-state index contributed by atoms with van der Waals surface area (Å²) in [6, 6.07) is 10.9. The van der Waals surface area contributed by atoms with Gasteiger partial charge in [0.2, 0.25) is 0 Å². The van der Waals surface area contributed by atoms with E-state index in [0.29, 0.717) is 5.56 Å². The zero-order valence-electron chi connectivity index (χ0n) is 21.6. The first-order valence-electron chi connectivity index (χ1n) is 12.1. The van der Waals surface area contributed by atoms with Crippen molar-refractivity contribution in [3.8, 4) is 17.0 Å². The number of hydrogen-bond donors (Lipinski definition) is 5. The molecule has 0 bridgehead atoms. The predicted octanol–water partition coefficient (Wildman–Crippen LogP) is 3.32. The van der Waals surface area contributed by atoms with Gasteiger partial charge in [0.25, 0.3) is 15.9 Å². The number of anilines is 3. The first kappa shape index (κ1) is 29.9. The van der Waals surface area contributed by atoms with E-state index in [1.54, 1.807) is 4.72 Å². The van der Waals surface area contributed by atoms with Crippen LogP contribution in [0.3, 0.4) is 0 Å². The molecule has 0 aliphatic carbocycles. The number of aryl methyl sites for hydroxylation is 1. The zero-order chi connectivity index (χ0) is 30.4. The highest BCUT2D eigenvalue weighted by molar-refractivity contribution is 7.93. The van der Waals surface area contributed by atoms with Gasteiger partial charge >= 0.3 is 11.7 Å². The summed E-state index contributed by atoms with van der Waals surface area (Å²) in [5.74, 6) is -5.88. The fourth-order valence-corrected chi connectivity index (χ4v) is 4.34. The molecule has 0 saturated carbocycles. The van der Waals surface area contributed by atoms with E-state index in [1.165, 1.54) is 59.4 Å². The monoisotopic (exact) mass is 607 g/mol. The Bertz CT molecular complexity index is 1690. The lowest BCUT2D eigenvalue weighted by molar-refractivity contribution is -0.137. The summed E-state index contributed by atoms with van der Waals surface area (Å²) in [5, 5.41) is 22.6. The lowest BCUT2D eigenvalue weighted by atomic mass is 10.1. The lowest BCUT2D eigenvalue weighted by Crippen LogP contribution is -2.21. The number of H-pyrrole nitrogens is 1. The number of sulfonamides is 1. The second kappa shape index (κ2) is 12.6. The van der Waals surface area contributed by atoms with Crippen LogP contribution in [-0.2, 0) is 27.8 Å². The van der Waals surface area contributed by atoms with Crippen LogP contribution in [0, 0.1) is 5.82 Å². The Morgan fingerprint density at radius 3 is 2.55 bits per heavy atom. The number of hydrogen-bond acceptors (Lipinski definition) is 8. The molecule has 2 heterocycles. The number of primary amides is 1. The van der Waals surface area contributed by atoms with Crippen molar-refractivity contribution in [2.75, 3.05) is 16.6 Å². The molecule has 6 N–H and O–H groups in total. The summed E-state index contributed by atoms with van der Waals surface area (Å²) >= 11 is 0. The first-order chi connectivity index (χ1) is 19.9. The number of carboxylic acid groups (broad SMARTS) is 1. The molecule has 0 spiro atoms. The second-order valence-electron chi connectivity index (χ2n) is 8.76. The number of alkyl halides is 2. The smallest absolute Gasteiger partial charge is 0.355 e. The predicted molar refractivity (Wildman–Crippen MR) is 144 cm³/mol. The Labute approximate surface area is 236 Å². The molecular formula is C25H24F3N7O6S. The van der Waals surface area contributed by atoms with Crippen molar-refractivity contribution in [2.24, 2.45) is 5.73 Å². The molecular weight excluding hydrogens is 583 g/mol. The molecule has 13 nitrogen and oxygen atoms in total. The van der Waals surface area contributed by atoms with Crippen LogP contribution in [-0.4, -0.2) is 57.7 Å². The molecule has 1 amide bonds. The number of benzene rings is 2. The van der Waals surface area contributed by atoms with E-state index in [0.717, 1.165) is 0 Å². The maximum atomic E-state index is 13.2. The second-order valence-corrected chi connectivity index (χ2v) is 10.4. The molecule has 0 aliphatic heterocycles. The number of aliphatic carboxylic acids is 1. The standard InChI is InChI=1S/C25H24F3N7O6S/c26-16-4-1-14(2-5-16)9-12-41-18-13-15(3-6-17(18)34-42(39,40)25(27)28)22-21(23(29)38)24(32-31-22)30-19-7-10-35(33-19)11-8-20(36)37/h1-7,10,13,25,34H,8-9,11-12H2,(H2,29,38)(H,36,37)(H2,30,31,32,33). The molecule has 2 aromatic carbocycles. The minimum Gasteiger partial charge on any atom is -0.491 e. The number of aromatic nitrogens is 4. The molecule has 0 unspecified atom stereocenters. The minimum absolute atomic E-state index is 0.0296. The van der Waals surface area contributed by atoms with E-state index in [1.807, 2.05) is 0 Å². The minimum atomic E-state index is -5.04. The van der Waals surface area contributed by atoms with E-state index in [9.17, 15) is 31.2 Å². The number of halogens is 3. The van der Waals surface area contributed by atoms with Gasteiger partial charge in [-0.25, -0.2) is 12.8 Å². The summed E-state index contributed by atoms with van der Waals surface area (Å²) in [4.78, 5) is 23.2. The van der Waals surface area contributed by atoms with Crippen LogP contribution in [0.15, 0.2) is 54.7 Å². The fourth-order valence-electron chi connectivity index (χ4n) is 3.77. The molecule has 4 rings (SSSR count). The van der Waals surface area contributed by atoms with Crippen LogP contribution in [0.5, 0.6) is 5.75 Å². The van der Waals surface area contributed by atoms with Gasteiger partial charge in [-0.15, -0.1) is 0 Å². The van der Waals surface area contributed by atoms with E-state index < -0.39 is 33.5 Å². The third-order valence-corrected chi connectivity index (χ3v) is 6.74. The van der Waals surface area contributed by atoms with Gasteiger partial charge in [-0.2, -0.15) is 19.0 Å². The van der Waals surface area contributed by atoms with Gasteiger partial charge in [0, 0.05) is 24.2 Å². The number of nitrogens with one attached hydrogen (secondary N) is 3. The number of nitrogens with two attached hydrogens (primary N) is 1. The van der Waals surface area contributed by atoms with Crippen molar-refractivity contribution in [3.05, 3.63) is 71.7 Å². The number of amides is 1. The molecule has 0 atom stereocenters. The first-order valence-corrected chi connectivity index (χ1v) is 13.7. The molecule has 42 heavy (non-hydrogen) atoms. The van der Waals surface area contributed by atoms with E-state index in [2.05, 4.69) is 20.6 Å². The van der Waals surface area contributed by atoms with Gasteiger partial charge in [-0.3, -0.25) is 24.1 Å². The largest absolute Gasteiger partial charge is 0.491 e. The summed E-state index contributed by atoms with van der Waals surface area (Å²) in [5.41, 5.74) is 6.17. The van der Waals surface area contributed by atoms with Crippen molar-refractivity contribution >= 4 is 39.2 Å². The van der Waals surface area contributed by atoms with Crippen molar-refractivity contribution < 1.29 is 41.0 Å². The molecule has 2 aromatic heterocycles. The number of carbonyl (C=O) groups is 2. The fraction of sp³-hybridized carbons (Fsp3) is 0.200. The highest BCUT2D eigenvalue weighted by atomic mass is 32.2. The van der Waals surface area contributed by atoms with Crippen molar-refractivity contribution in [2.45, 2.75) is 25.1 Å². The summed E-state index contributed by atoms with van der Waals surface area (Å²) < 4.78 is 71.9. The zero-order valence-corrected chi connectivity index (χ0v) is 22.4. The van der Waals surface area contributed by atoms with Crippen LogP contribution in [0.2, 0.25) is 0 Å². The van der Waals surface area contributed by atoms with Gasteiger partial charge in [0.05, 0.1) is 25.3 Å². The van der Waals surface area contributed by atoms with Crippen LogP contribution in [0.1, 0.15) is 22.3 Å². The van der Waals surface area contributed by atoms with Crippen molar-refractivity contribution in [1.29, 1.82) is 0 Å². The Morgan fingerprint density at radius 2 is 1.88 bits per heavy atom. The maximum Gasteiger partial charge on any atom is 0.355 e. The van der Waals surface area contributed by atoms with E-state index >= 15 is 0 Å². The lowest BCUT2D eigenvalue weighted by Gasteiger charge is -2.15. The van der Waals surface area contributed by atoms with Gasteiger partial charge < -0.3 is 20.9 Å². The third kappa shape index (κ3) is 7.36. The Balaban J connectivity index is 1.63. The number of carbonyl (C=O) groups excluding carboxylic acids is 1. The molecule has 17 heteroatoms. The summed E-state index contributed by atoms with van der Waals surface area (Å²) in [6.45, 7) is 0.0680. The van der Waals surface area contributed by atoms with E-state index in [4.69, 9.17) is 15.6 Å². The van der Waals surface area contributed by atoms with Gasteiger partial charge in [-0.1, -0.05) is 18.2 Å². The Morgan fingerprint density at radius 1 is 1.14 bits per heavy atom. The number of rotatable bonds is 14. The highest BCUT2D eigenvalue weighted by Crippen LogP contribution is 2.35. The third-order valence-electron chi connectivity index (χ3n) is 5.76. The van der Waals surface area contributed by atoms with Crippen LogP contribution < -0.4 is 20.5 Å². The van der Waals surface area contributed by atoms with Crippen LogP contribution in [0.4, 0.5) is 30.5 Å². The average Bonchev–Trinajstić information content (AvgIpc) is 3.56. The average molecular weight is 608 g/mol. The van der Waals surface area contributed by atoms with Crippen molar-refractivity contribution in [1.82, 2.24) is 20.0 Å². The molecule has 0 aliphatic rings. The van der Waals surface area contributed by atoms with Gasteiger partial charge in [0.15, 0.2) is 5.82 Å². The topological polar surface area (TPSA) is 194 Å². The molecule has 4 aromatic rings. The Kier molecular flexibility index (Phi) is 8.99. The normalized spacial score (nSPS) is 11.4. The summed E-state index contributed by atoms with van der Waals surface area (Å²) in [6.07, 6.45) is 1.65. The SMILES string of the molecule is NC(=O)c1c(-c2ccc(NS(=O)(=O)C(F)F)c(OCCc3ccc(F)cc3)c2)n[nH]c1Nc1ccn(CCC(=O)O)n1. The van der Waals surface area contributed by atoms with Gasteiger partial charge in [-0.05, 0) is 29.8 Å². The number of ether oxygens (including phenoxy) is 1. The molecule has 222 valence electrons.